The van der Waals surface area contributed by atoms with Gasteiger partial charge in [-0.3, -0.25) is 0 Å². The van der Waals surface area contributed by atoms with E-state index in [0.29, 0.717) is 6.07 Å². The SMILES string of the molecule is N#Cc1cccc(OS(=O)(=O)c2ccccc2C(F)(F)F)c1. The molecule has 0 heterocycles. The van der Waals surface area contributed by atoms with Crippen LogP contribution in [0.5, 0.6) is 5.75 Å². The minimum absolute atomic E-state index is 0.122. The average molecular weight is 327 g/mol. The molecular formula is C14H8F3NO3S. The lowest BCUT2D eigenvalue weighted by molar-refractivity contribution is -0.139. The Hall–Kier alpha value is -2.53. The molecule has 0 N–H and O–H groups in total. The van der Waals surface area contributed by atoms with Crippen molar-refractivity contribution in [3.8, 4) is 11.8 Å². The summed E-state index contributed by atoms with van der Waals surface area (Å²) in [5.41, 5.74) is -1.19. The number of rotatable bonds is 3. The standard InChI is InChI=1S/C14H8F3NO3S/c15-14(16,17)12-6-1-2-7-13(12)22(19,20)21-11-5-3-4-10(8-11)9-18/h1-8H. The summed E-state index contributed by atoms with van der Waals surface area (Å²) in [4.78, 5) is -0.982. The molecule has 0 atom stereocenters. The molecule has 22 heavy (non-hydrogen) atoms. The van der Waals surface area contributed by atoms with E-state index in [1.54, 1.807) is 6.07 Å². The lowest BCUT2D eigenvalue weighted by Gasteiger charge is -2.13. The summed E-state index contributed by atoms with van der Waals surface area (Å²) in [5.74, 6) is -0.240. The van der Waals surface area contributed by atoms with Crippen LogP contribution in [0.25, 0.3) is 0 Å². The Morgan fingerprint density at radius 2 is 1.73 bits per heavy atom. The Morgan fingerprint density at radius 1 is 1.05 bits per heavy atom. The smallest absolute Gasteiger partial charge is 0.379 e. The van der Waals surface area contributed by atoms with Crippen molar-refractivity contribution in [2.45, 2.75) is 11.1 Å². The topological polar surface area (TPSA) is 67.2 Å². The highest BCUT2D eigenvalue weighted by Crippen LogP contribution is 2.34. The molecule has 0 aliphatic carbocycles. The lowest BCUT2D eigenvalue weighted by Crippen LogP contribution is -2.17. The molecule has 0 saturated heterocycles. The van der Waals surface area contributed by atoms with Crippen LogP contribution >= 0.6 is 0 Å². The zero-order valence-corrected chi connectivity index (χ0v) is 11.6. The molecule has 0 spiro atoms. The van der Waals surface area contributed by atoms with Crippen LogP contribution in [0.2, 0.25) is 0 Å². The van der Waals surface area contributed by atoms with Crippen molar-refractivity contribution in [2.75, 3.05) is 0 Å². The van der Waals surface area contributed by atoms with Gasteiger partial charge in [0.05, 0.1) is 17.2 Å². The highest BCUT2D eigenvalue weighted by atomic mass is 32.2. The minimum Gasteiger partial charge on any atom is -0.379 e. The second-order valence-corrected chi connectivity index (χ2v) is 5.69. The van der Waals surface area contributed by atoms with E-state index in [1.165, 1.54) is 18.2 Å². The van der Waals surface area contributed by atoms with E-state index in [2.05, 4.69) is 4.18 Å². The molecule has 0 amide bonds. The quantitative estimate of drug-likeness (QED) is 0.811. The van der Waals surface area contributed by atoms with E-state index in [1.807, 2.05) is 0 Å². The minimum atomic E-state index is -4.83. The van der Waals surface area contributed by atoms with Gasteiger partial charge in [0.25, 0.3) is 0 Å². The third kappa shape index (κ3) is 3.38. The molecule has 2 rings (SSSR count). The zero-order chi connectivity index (χ0) is 16.4. The van der Waals surface area contributed by atoms with Crippen molar-refractivity contribution in [3.05, 3.63) is 59.7 Å². The highest BCUT2D eigenvalue weighted by Gasteiger charge is 2.37. The maximum atomic E-state index is 12.9. The number of alkyl halides is 3. The molecule has 4 nitrogen and oxygen atoms in total. The van der Waals surface area contributed by atoms with Gasteiger partial charge >= 0.3 is 16.3 Å². The van der Waals surface area contributed by atoms with Crippen LogP contribution < -0.4 is 4.18 Å². The van der Waals surface area contributed by atoms with Gasteiger partial charge in [-0.2, -0.15) is 26.9 Å². The predicted octanol–water partition coefficient (Wildman–Crippen LogP) is 3.34. The van der Waals surface area contributed by atoms with E-state index in [4.69, 9.17) is 5.26 Å². The van der Waals surface area contributed by atoms with Crippen molar-refractivity contribution in [1.82, 2.24) is 0 Å². The van der Waals surface area contributed by atoms with Crippen LogP contribution in [0.4, 0.5) is 13.2 Å². The van der Waals surface area contributed by atoms with Crippen LogP contribution in [0, 0.1) is 11.3 Å². The van der Waals surface area contributed by atoms with Crippen LogP contribution in [0.3, 0.4) is 0 Å². The first-order valence-electron chi connectivity index (χ1n) is 5.85. The second-order valence-electron chi connectivity index (χ2n) is 4.17. The number of hydrogen-bond donors (Lipinski definition) is 0. The summed E-state index contributed by atoms with van der Waals surface area (Å²) in [6.07, 6.45) is -4.83. The average Bonchev–Trinajstić information content (AvgIpc) is 2.46. The fourth-order valence-electron chi connectivity index (χ4n) is 1.71. The fourth-order valence-corrected chi connectivity index (χ4v) is 2.85. The Labute approximate surface area is 124 Å². The fraction of sp³-hybridized carbons (Fsp3) is 0.0714. The molecule has 114 valence electrons. The largest absolute Gasteiger partial charge is 0.417 e. The summed E-state index contributed by atoms with van der Waals surface area (Å²) < 4.78 is 67.4. The van der Waals surface area contributed by atoms with Crippen molar-refractivity contribution >= 4 is 10.1 Å². The summed E-state index contributed by atoms with van der Waals surface area (Å²) in [6.45, 7) is 0. The predicted molar refractivity (Wildman–Crippen MR) is 70.4 cm³/mol. The first kappa shape index (κ1) is 15.9. The van der Waals surface area contributed by atoms with Crippen molar-refractivity contribution in [3.63, 3.8) is 0 Å². The summed E-state index contributed by atoms with van der Waals surface area (Å²) in [5, 5.41) is 8.72. The van der Waals surface area contributed by atoms with E-state index in [-0.39, 0.29) is 11.3 Å². The molecular weight excluding hydrogens is 319 g/mol. The first-order chi connectivity index (χ1) is 10.2. The van der Waals surface area contributed by atoms with Gasteiger partial charge in [0.2, 0.25) is 0 Å². The van der Waals surface area contributed by atoms with Crippen LogP contribution in [0.15, 0.2) is 53.4 Å². The van der Waals surface area contributed by atoms with Crippen molar-refractivity contribution in [2.24, 2.45) is 0 Å². The van der Waals surface area contributed by atoms with Gasteiger partial charge in [-0.1, -0.05) is 18.2 Å². The van der Waals surface area contributed by atoms with E-state index < -0.39 is 26.8 Å². The number of nitrogens with zero attached hydrogens (tertiary/aromatic N) is 1. The Morgan fingerprint density at radius 3 is 2.36 bits per heavy atom. The first-order valence-corrected chi connectivity index (χ1v) is 7.26. The Kier molecular flexibility index (Phi) is 4.10. The molecule has 2 aromatic rings. The van der Waals surface area contributed by atoms with E-state index >= 15 is 0 Å². The van der Waals surface area contributed by atoms with Gasteiger partial charge in [0.15, 0.2) is 0 Å². The third-order valence-electron chi connectivity index (χ3n) is 2.63. The zero-order valence-electron chi connectivity index (χ0n) is 10.8. The van der Waals surface area contributed by atoms with Gasteiger partial charge in [-0.05, 0) is 30.3 Å². The van der Waals surface area contributed by atoms with Crippen LogP contribution in [-0.2, 0) is 16.3 Å². The molecule has 0 saturated carbocycles. The summed E-state index contributed by atoms with van der Waals surface area (Å²) >= 11 is 0. The maximum Gasteiger partial charge on any atom is 0.417 e. The summed E-state index contributed by atoms with van der Waals surface area (Å²) in [7, 11) is -4.68. The van der Waals surface area contributed by atoms with Crippen LogP contribution in [0.1, 0.15) is 11.1 Å². The molecule has 0 aromatic heterocycles. The molecule has 8 heteroatoms. The number of nitriles is 1. The molecule has 0 radical (unpaired) electrons. The molecule has 0 fully saturated rings. The number of benzene rings is 2. The molecule has 2 aromatic carbocycles. The van der Waals surface area contributed by atoms with Crippen LogP contribution in [-0.4, -0.2) is 8.42 Å². The van der Waals surface area contributed by atoms with Gasteiger partial charge < -0.3 is 4.18 Å². The lowest BCUT2D eigenvalue weighted by atomic mass is 10.2. The molecule has 0 unspecified atom stereocenters. The van der Waals surface area contributed by atoms with Gasteiger partial charge in [0.1, 0.15) is 10.6 Å². The molecule has 0 aliphatic rings. The third-order valence-corrected chi connectivity index (χ3v) is 3.94. The van der Waals surface area contributed by atoms with Gasteiger partial charge in [0, 0.05) is 0 Å². The maximum absolute atomic E-state index is 12.9. The van der Waals surface area contributed by atoms with E-state index in [9.17, 15) is 21.6 Å². The Bertz CT molecular complexity index is 839. The highest BCUT2D eigenvalue weighted by molar-refractivity contribution is 7.87. The van der Waals surface area contributed by atoms with Gasteiger partial charge in [-0.25, -0.2) is 0 Å². The summed E-state index contributed by atoms with van der Waals surface area (Å²) in [6, 6.07) is 10.6. The van der Waals surface area contributed by atoms with Crippen molar-refractivity contribution < 1.29 is 25.8 Å². The molecule has 0 bridgehead atoms. The van der Waals surface area contributed by atoms with E-state index in [0.717, 1.165) is 24.3 Å². The van der Waals surface area contributed by atoms with Crippen molar-refractivity contribution in [1.29, 1.82) is 5.26 Å². The monoisotopic (exact) mass is 327 g/mol. The molecule has 0 aliphatic heterocycles. The normalized spacial score (nSPS) is 11.7. The number of hydrogen-bond acceptors (Lipinski definition) is 4. The second kappa shape index (κ2) is 5.69. The Balaban J connectivity index is 2.46. The van der Waals surface area contributed by atoms with Gasteiger partial charge in [-0.15, -0.1) is 0 Å². The number of halogens is 3.